The van der Waals surface area contributed by atoms with E-state index in [0.29, 0.717) is 12.2 Å². The van der Waals surface area contributed by atoms with Crippen molar-refractivity contribution in [3.8, 4) is 11.5 Å². The van der Waals surface area contributed by atoms with Crippen molar-refractivity contribution in [2.45, 2.75) is 6.42 Å². The number of anilines is 1. The molecule has 0 heterocycles. The maximum absolute atomic E-state index is 12.0. The van der Waals surface area contributed by atoms with Gasteiger partial charge in [0.1, 0.15) is 17.1 Å². The number of carbonyl (C=O) groups is 1. The fourth-order valence-corrected chi connectivity index (χ4v) is 1.88. The molecule has 104 valence electrons. The van der Waals surface area contributed by atoms with Crippen molar-refractivity contribution in [1.29, 1.82) is 0 Å². The van der Waals surface area contributed by atoms with E-state index in [0.717, 1.165) is 12.0 Å². The van der Waals surface area contributed by atoms with Crippen LogP contribution in [0.4, 0.5) is 5.69 Å². The summed E-state index contributed by atoms with van der Waals surface area (Å²) in [7, 11) is 0. The first-order valence-corrected chi connectivity index (χ1v) is 6.23. The number of benzene rings is 2. The summed E-state index contributed by atoms with van der Waals surface area (Å²) < 4.78 is 0. The zero-order valence-electron chi connectivity index (χ0n) is 10.8. The predicted octanol–water partition coefficient (Wildman–Crippen LogP) is 1.85. The monoisotopic (exact) mass is 272 g/mol. The van der Waals surface area contributed by atoms with E-state index in [2.05, 4.69) is 5.32 Å². The van der Waals surface area contributed by atoms with Crippen LogP contribution in [0, 0.1) is 0 Å². The van der Waals surface area contributed by atoms with Crippen LogP contribution in [-0.2, 0) is 6.42 Å². The molecule has 2 rings (SSSR count). The molecule has 0 bridgehead atoms. The Morgan fingerprint density at radius 3 is 2.20 bits per heavy atom. The van der Waals surface area contributed by atoms with E-state index >= 15 is 0 Å². The van der Waals surface area contributed by atoms with E-state index in [1.807, 2.05) is 12.1 Å². The Hall–Kier alpha value is -2.53. The van der Waals surface area contributed by atoms with Crippen molar-refractivity contribution in [3.63, 3.8) is 0 Å². The van der Waals surface area contributed by atoms with Gasteiger partial charge in [-0.2, -0.15) is 0 Å². The highest BCUT2D eigenvalue weighted by molar-refractivity contribution is 6.08. The molecular weight excluding hydrogens is 256 g/mol. The van der Waals surface area contributed by atoms with Gasteiger partial charge in [-0.15, -0.1) is 0 Å². The Bertz CT molecular complexity index is 589. The van der Waals surface area contributed by atoms with Gasteiger partial charge in [0.2, 0.25) is 0 Å². The van der Waals surface area contributed by atoms with Crippen LogP contribution in [0.15, 0.2) is 42.5 Å². The molecule has 5 heteroatoms. The summed E-state index contributed by atoms with van der Waals surface area (Å²) in [6, 6.07) is 11.4. The molecule has 0 aliphatic carbocycles. The Kier molecular flexibility index (Phi) is 4.22. The number of hydrogen-bond acceptors (Lipinski definition) is 4. The third kappa shape index (κ3) is 3.07. The number of carbonyl (C=O) groups excluding carboxylic acids is 1. The van der Waals surface area contributed by atoms with Crippen molar-refractivity contribution < 1.29 is 15.0 Å². The molecule has 0 saturated carbocycles. The van der Waals surface area contributed by atoms with Gasteiger partial charge in [-0.25, -0.2) is 0 Å². The van der Waals surface area contributed by atoms with Crippen molar-refractivity contribution in [2.75, 3.05) is 11.9 Å². The molecule has 2 aromatic carbocycles. The minimum Gasteiger partial charge on any atom is -0.507 e. The van der Waals surface area contributed by atoms with Crippen molar-refractivity contribution >= 4 is 11.6 Å². The summed E-state index contributed by atoms with van der Waals surface area (Å²) in [4.78, 5) is 12.0. The van der Waals surface area contributed by atoms with E-state index in [9.17, 15) is 15.0 Å². The molecule has 0 unspecified atom stereocenters. The highest BCUT2D eigenvalue weighted by Gasteiger charge is 2.15. The van der Waals surface area contributed by atoms with Gasteiger partial charge in [0.15, 0.2) is 0 Å². The highest BCUT2D eigenvalue weighted by atomic mass is 16.3. The Morgan fingerprint density at radius 1 is 1.05 bits per heavy atom. The number of rotatable bonds is 4. The van der Waals surface area contributed by atoms with Crippen molar-refractivity contribution in [2.24, 2.45) is 5.73 Å². The molecule has 2 aromatic rings. The first-order valence-electron chi connectivity index (χ1n) is 6.23. The molecule has 0 aliphatic rings. The van der Waals surface area contributed by atoms with Crippen LogP contribution in [-0.4, -0.2) is 22.7 Å². The number of phenols is 2. The first-order chi connectivity index (χ1) is 9.61. The van der Waals surface area contributed by atoms with Crippen LogP contribution in [0.5, 0.6) is 11.5 Å². The first kappa shape index (κ1) is 13.9. The van der Waals surface area contributed by atoms with Crippen LogP contribution >= 0.6 is 0 Å². The predicted molar refractivity (Wildman–Crippen MR) is 76.9 cm³/mol. The smallest absolute Gasteiger partial charge is 0.263 e. The molecule has 0 fully saturated rings. The summed E-state index contributed by atoms with van der Waals surface area (Å²) >= 11 is 0. The Morgan fingerprint density at radius 2 is 1.65 bits per heavy atom. The van der Waals surface area contributed by atoms with Gasteiger partial charge in [0.25, 0.3) is 5.91 Å². The van der Waals surface area contributed by atoms with E-state index in [1.54, 1.807) is 12.1 Å². The van der Waals surface area contributed by atoms with Gasteiger partial charge in [-0.05, 0) is 42.8 Å². The largest absolute Gasteiger partial charge is 0.507 e. The molecule has 0 aliphatic heterocycles. The number of nitrogens with one attached hydrogen (secondary N) is 1. The van der Waals surface area contributed by atoms with Crippen LogP contribution in [0.2, 0.25) is 0 Å². The van der Waals surface area contributed by atoms with Gasteiger partial charge < -0.3 is 21.3 Å². The maximum atomic E-state index is 12.0. The lowest BCUT2D eigenvalue weighted by Gasteiger charge is -2.09. The minimum absolute atomic E-state index is 0.140. The van der Waals surface area contributed by atoms with Crippen LogP contribution in [0.3, 0.4) is 0 Å². The average Bonchev–Trinajstić information content (AvgIpc) is 2.41. The number of hydrogen-bond donors (Lipinski definition) is 4. The molecular formula is C15H16N2O3. The second kappa shape index (κ2) is 6.08. The summed E-state index contributed by atoms with van der Waals surface area (Å²) in [6.07, 6.45) is 0.772. The molecule has 5 nitrogen and oxygen atoms in total. The van der Waals surface area contributed by atoms with Crippen molar-refractivity contribution in [3.05, 3.63) is 53.6 Å². The van der Waals surface area contributed by atoms with Crippen LogP contribution < -0.4 is 11.1 Å². The van der Waals surface area contributed by atoms with Gasteiger partial charge in [-0.3, -0.25) is 4.79 Å². The zero-order chi connectivity index (χ0) is 14.5. The topological polar surface area (TPSA) is 95.6 Å². The fraction of sp³-hybridized carbons (Fsp3) is 0.133. The van der Waals surface area contributed by atoms with Crippen LogP contribution in [0.25, 0.3) is 0 Å². The van der Waals surface area contributed by atoms with Crippen molar-refractivity contribution in [1.82, 2.24) is 0 Å². The normalized spacial score (nSPS) is 10.2. The number of nitrogens with two attached hydrogens (primary N) is 1. The summed E-state index contributed by atoms with van der Waals surface area (Å²) in [6.45, 7) is 0.567. The summed E-state index contributed by atoms with van der Waals surface area (Å²) in [5, 5.41) is 21.9. The summed E-state index contributed by atoms with van der Waals surface area (Å²) in [5.41, 5.74) is 6.98. The lowest BCUT2D eigenvalue weighted by molar-refractivity contribution is 0.102. The third-order valence-corrected chi connectivity index (χ3v) is 2.89. The molecule has 0 spiro atoms. The molecule has 1 amide bonds. The SMILES string of the molecule is NCCc1ccc(NC(=O)c2c(O)cccc2O)cc1. The standard InChI is InChI=1S/C15H16N2O3/c16-9-8-10-4-6-11(7-5-10)17-15(20)14-12(18)2-1-3-13(14)19/h1-7,18-19H,8-9,16H2,(H,17,20). The molecule has 0 saturated heterocycles. The van der Waals surface area contributed by atoms with Gasteiger partial charge >= 0.3 is 0 Å². The average molecular weight is 272 g/mol. The number of phenolic OH excluding ortho intramolecular Hbond substituents is 2. The second-order valence-electron chi connectivity index (χ2n) is 4.36. The Balaban J connectivity index is 2.15. The molecule has 0 radical (unpaired) electrons. The third-order valence-electron chi connectivity index (χ3n) is 2.89. The maximum Gasteiger partial charge on any atom is 0.263 e. The quantitative estimate of drug-likeness (QED) is 0.683. The van der Waals surface area contributed by atoms with Gasteiger partial charge in [-0.1, -0.05) is 18.2 Å². The molecule has 0 atom stereocenters. The van der Waals surface area contributed by atoms with E-state index in [4.69, 9.17) is 5.73 Å². The van der Waals surface area contributed by atoms with E-state index in [1.165, 1.54) is 18.2 Å². The highest BCUT2D eigenvalue weighted by Crippen LogP contribution is 2.27. The molecule has 5 N–H and O–H groups in total. The lowest BCUT2D eigenvalue weighted by atomic mass is 10.1. The van der Waals surface area contributed by atoms with Gasteiger partial charge in [0.05, 0.1) is 0 Å². The molecule has 20 heavy (non-hydrogen) atoms. The minimum atomic E-state index is -0.563. The Labute approximate surface area is 116 Å². The zero-order valence-corrected chi connectivity index (χ0v) is 10.8. The summed E-state index contributed by atoms with van der Waals surface area (Å²) in [5.74, 6) is -1.09. The number of aromatic hydroxyl groups is 2. The van der Waals surface area contributed by atoms with Gasteiger partial charge in [0, 0.05) is 5.69 Å². The fourth-order valence-electron chi connectivity index (χ4n) is 1.88. The second-order valence-corrected chi connectivity index (χ2v) is 4.36. The van der Waals surface area contributed by atoms with E-state index < -0.39 is 5.91 Å². The number of amides is 1. The van der Waals surface area contributed by atoms with Crippen LogP contribution in [0.1, 0.15) is 15.9 Å². The molecule has 0 aromatic heterocycles. The van der Waals surface area contributed by atoms with E-state index in [-0.39, 0.29) is 17.1 Å². The lowest BCUT2D eigenvalue weighted by Crippen LogP contribution is -2.12.